The van der Waals surface area contributed by atoms with Gasteiger partial charge in [0.15, 0.2) is 0 Å². The molecule has 1 aromatic carbocycles. The van der Waals surface area contributed by atoms with Crippen LogP contribution >= 0.6 is 0 Å². The van der Waals surface area contributed by atoms with E-state index in [0.717, 1.165) is 19.6 Å². The first kappa shape index (κ1) is 15.4. The van der Waals surface area contributed by atoms with Crippen LogP contribution in [0.5, 0.6) is 0 Å². The molecule has 0 amide bonds. The number of aliphatic hydroxyl groups is 1. The Morgan fingerprint density at radius 2 is 1.90 bits per heavy atom. The highest BCUT2D eigenvalue weighted by Crippen LogP contribution is 2.25. The van der Waals surface area contributed by atoms with Crippen LogP contribution in [-0.4, -0.2) is 41.8 Å². The van der Waals surface area contributed by atoms with Crippen LogP contribution in [0.25, 0.3) is 0 Å². The molecule has 2 unspecified atom stereocenters. The van der Waals surface area contributed by atoms with Gasteiger partial charge in [0, 0.05) is 25.2 Å². The Bertz CT molecular complexity index is 430. The summed E-state index contributed by atoms with van der Waals surface area (Å²) in [4.78, 5) is 2.29. The summed E-state index contributed by atoms with van der Waals surface area (Å²) >= 11 is 0. The van der Waals surface area contributed by atoms with E-state index in [-0.39, 0.29) is 23.9 Å². The van der Waals surface area contributed by atoms with Crippen molar-refractivity contribution in [1.82, 2.24) is 4.90 Å². The van der Waals surface area contributed by atoms with Crippen LogP contribution in [0.1, 0.15) is 32.4 Å². The van der Waals surface area contributed by atoms with E-state index in [1.807, 2.05) is 6.92 Å². The standard InChI is InChI=1S/C16H24FNO2/c1-11(8-18-9-12(2)20-13(3)10-18)16(19)14-6-4-5-7-15(14)17/h4-7,11-13,16,19H,8-10H2,1-3H3/t11?,12-,13+,16?. The fraction of sp³-hybridized carbons (Fsp3) is 0.625. The lowest BCUT2D eigenvalue weighted by Gasteiger charge is -2.37. The minimum atomic E-state index is -0.773. The average Bonchev–Trinajstić information content (AvgIpc) is 2.37. The van der Waals surface area contributed by atoms with Gasteiger partial charge in [-0.25, -0.2) is 4.39 Å². The number of nitrogens with zero attached hydrogens (tertiary/aromatic N) is 1. The second-order valence-electron chi connectivity index (χ2n) is 5.92. The molecular weight excluding hydrogens is 257 g/mol. The summed E-state index contributed by atoms with van der Waals surface area (Å²) in [5.41, 5.74) is 0.384. The van der Waals surface area contributed by atoms with E-state index in [9.17, 15) is 9.50 Å². The molecule has 1 aliphatic heterocycles. The van der Waals surface area contributed by atoms with Gasteiger partial charge in [-0.2, -0.15) is 0 Å². The van der Waals surface area contributed by atoms with Crippen molar-refractivity contribution in [2.45, 2.75) is 39.1 Å². The molecule has 0 spiro atoms. The molecule has 0 bridgehead atoms. The second-order valence-corrected chi connectivity index (χ2v) is 5.92. The monoisotopic (exact) mass is 281 g/mol. The Morgan fingerprint density at radius 1 is 1.30 bits per heavy atom. The largest absolute Gasteiger partial charge is 0.388 e. The average molecular weight is 281 g/mol. The van der Waals surface area contributed by atoms with E-state index in [0.29, 0.717) is 5.56 Å². The molecular formula is C16H24FNO2. The zero-order valence-electron chi connectivity index (χ0n) is 12.4. The quantitative estimate of drug-likeness (QED) is 0.921. The van der Waals surface area contributed by atoms with E-state index >= 15 is 0 Å². The van der Waals surface area contributed by atoms with Gasteiger partial charge in [0.25, 0.3) is 0 Å². The molecule has 1 heterocycles. The molecule has 0 radical (unpaired) electrons. The molecule has 20 heavy (non-hydrogen) atoms. The van der Waals surface area contributed by atoms with Crippen LogP contribution in [0.15, 0.2) is 24.3 Å². The van der Waals surface area contributed by atoms with Crippen molar-refractivity contribution in [3.63, 3.8) is 0 Å². The van der Waals surface area contributed by atoms with Crippen molar-refractivity contribution in [3.05, 3.63) is 35.6 Å². The Kier molecular flexibility index (Phi) is 5.13. The number of ether oxygens (including phenoxy) is 1. The third kappa shape index (κ3) is 3.78. The van der Waals surface area contributed by atoms with E-state index < -0.39 is 6.10 Å². The van der Waals surface area contributed by atoms with Crippen LogP contribution in [0, 0.1) is 11.7 Å². The Balaban J connectivity index is 1.97. The van der Waals surface area contributed by atoms with Gasteiger partial charge in [-0.1, -0.05) is 25.1 Å². The molecule has 112 valence electrons. The van der Waals surface area contributed by atoms with Crippen LogP contribution in [0.4, 0.5) is 4.39 Å². The highest BCUT2D eigenvalue weighted by molar-refractivity contribution is 5.20. The molecule has 0 saturated carbocycles. The van der Waals surface area contributed by atoms with E-state index in [2.05, 4.69) is 18.7 Å². The van der Waals surface area contributed by atoms with Gasteiger partial charge < -0.3 is 9.84 Å². The molecule has 1 N–H and O–H groups in total. The molecule has 1 aliphatic rings. The van der Waals surface area contributed by atoms with Crippen LogP contribution in [0.3, 0.4) is 0 Å². The highest BCUT2D eigenvalue weighted by atomic mass is 19.1. The highest BCUT2D eigenvalue weighted by Gasteiger charge is 2.26. The maximum absolute atomic E-state index is 13.7. The number of rotatable bonds is 4. The lowest BCUT2D eigenvalue weighted by Crippen LogP contribution is -2.47. The predicted molar refractivity (Wildman–Crippen MR) is 77.0 cm³/mol. The fourth-order valence-electron chi connectivity index (χ4n) is 2.96. The molecule has 0 aromatic heterocycles. The molecule has 4 atom stereocenters. The first-order valence-electron chi connectivity index (χ1n) is 7.27. The fourth-order valence-corrected chi connectivity index (χ4v) is 2.96. The first-order chi connectivity index (χ1) is 9.47. The Hall–Kier alpha value is -0.970. The minimum absolute atomic E-state index is 0.0237. The zero-order valence-corrected chi connectivity index (χ0v) is 12.4. The second kappa shape index (κ2) is 6.66. The number of hydrogen-bond donors (Lipinski definition) is 1. The number of hydrogen-bond acceptors (Lipinski definition) is 3. The molecule has 3 nitrogen and oxygen atoms in total. The van der Waals surface area contributed by atoms with Crippen LogP contribution in [0.2, 0.25) is 0 Å². The third-order valence-electron chi connectivity index (χ3n) is 3.80. The summed E-state index contributed by atoms with van der Waals surface area (Å²) in [5.74, 6) is -0.361. The topological polar surface area (TPSA) is 32.7 Å². The summed E-state index contributed by atoms with van der Waals surface area (Å²) in [6.07, 6.45) is -0.363. The normalized spacial score (nSPS) is 27.2. The molecule has 0 aliphatic carbocycles. The number of morpholine rings is 1. The van der Waals surface area contributed by atoms with Gasteiger partial charge in [-0.05, 0) is 25.8 Å². The third-order valence-corrected chi connectivity index (χ3v) is 3.80. The maximum Gasteiger partial charge on any atom is 0.129 e. The van der Waals surface area contributed by atoms with Crippen molar-refractivity contribution >= 4 is 0 Å². The minimum Gasteiger partial charge on any atom is -0.388 e. The van der Waals surface area contributed by atoms with Gasteiger partial charge >= 0.3 is 0 Å². The number of halogens is 1. The van der Waals surface area contributed by atoms with E-state index in [1.54, 1.807) is 18.2 Å². The maximum atomic E-state index is 13.7. The summed E-state index contributed by atoms with van der Waals surface area (Å²) in [6.45, 7) is 8.54. The van der Waals surface area contributed by atoms with Gasteiger partial charge in [-0.3, -0.25) is 4.90 Å². The van der Waals surface area contributed by atoms with Crippen molar-refractivity contribution in [1.29, 1.82) is 0 Å². The van der Waals surface area contributed by atoms with Gasteiger partial charge in [0.2, 0.25) is 0 Å². The van der Waals surface area contributed by atoms with Gasteiger partial charge in [0.1, 0.15) is 5.82 Å². The predicted octanol–water partition coefficient (Wildman–Crippen LogP) is 2.60. The zero-order chi connectivity index (χ0) is 14.7. The number of benzene rings is 1. The lowest BCUT2D eigenvalue weighted by molar-refractivity contribution is -0.0755. The van der Waals surface area contributed by atoms with Crippen LogP contribution in [-0.2, 0) is 4.74 Å². The summed E-state index contributed by atoms with van der Waals surface area (Å²) < 4.78 is 19.4. The Morgan fingerprint density at radius 3 is 2.50 bits per heavy atom. The summed E-state index contributed by atoms with van der Waals surface area (Å²) in [7, 11) is 0. The summed E-state index contributed by atoms with van der Waals surface area (Å²) in [6, 6.07) is 6.44. The van der Waals surface area contributed by atoms with Gasteiger partial charge in [0.05, 0.1) is 18.3 Å². The Labute approximate surface area is 120 Å². The summed E-state index contributed by atoms with van der Waals surface area (Å²) in [5, 5.41) is 10.3. The first-order valence-corrected chi connectivity index (χ1v) is 7.27. The van der Waals surface area contributed by atoms with E-state index in [1.165, 1.54) is 6.07 Å². The molecule has 1 saturated heterocycles. The van der Waals surface area contributed by atoms with Crippen molar-refractivity contribution in [3.8, 4) is 0 Å². The van der Waals surface area contributed by atoms with Gasteiger partial charge in [-0.15, -0.1) is 0 Å². The number of aliphatic hydroxyl groups excluding tert-OH is 1. The molecule has 1 fully saturated rings. The van der Waals surface area contributed by atoms with Crippen molar-refractivity contribution in [2.24, 2.45) is 5.92 Å². The van der Waals surface area contributed by atoms with Crippen LogP contribution < -0.4 is 0 Å². The van der Waals surface area contributed by atoms with Crippen molar-refractivity contribution in [2.75, 3.05) is 19.6 Å². The lowest BCUT2D eigenvalue weighted by atomic mass is 9.96. The van der Waals surface area contributed by atoms with E-state index in [4.69, 9.17) is 4.74 Å². The molecule has 4 heteroatoms. The van der Waals surface area contributed by atoms with Crippen molar-refractivity contribution < 1.29 is 14.2 Å². The SMILES string of the molecule is CC(CN1C[C@@H](C)O[C@@H](C)C1)C(O)c1ccccc1F. The molecule has 2 rings (SSSR count). The molecule has 1 aromatic rings. The smallest absolute Gasteiger partial charge is 0.129 e.